The highest BCUT2D eigenvalue weighted by Crippen LogP contribution is 2.30. The molecular formula is C24H23ClN2O3. The van der Waals surface area contributed by atoms with E-state index in [2.05, 4.69) is 12.2 Å². The van der Waals surface area contributed by atoms with Crippen LogP contribution in [0.1, 0.15) is 23.8 Å². The van der Waals surface area contributed by atoms with Crippen LogP contribution in [0.4, 0.5) is 0 Å². The Balaban J connectivity index is 0.00000218. The summed E-state index contributed by atoms with van der Waals surface area (Å²) < 4.78 is 13.5. The van der Waals surface area contributed by atoms with Crippen molar-refractivity contribution in [1.82, 2.24) is 9.88 Å². The Morgan fingerprint density at radius 2 is 1.97 bits per heavy atom. The van der Waals surface area contributed by atoms with Crippen molar-refractivity contribution in [3.8, 4) is 11.4 Å². The number of hydrogen-bond donors (Lipinski definition) is 1. The minimum atomic E-state index is -0.137. The summed E-state index contributed by atoms with van der Waals surface area (Å²) in [5, 5.41) is 4.58. The second-order valence-corrected chi connectivity index (χ2v) is 7.52. The largest absolute Gasteiger partial charge is 0.489 e. The molecule has 5 nitrogen and oxygen atoms in total. The fraction of sp³-hybridized carbons (Fsp3) is 0.208. The molecule has 1 atom stereocenters. The highest BCUT2D eigenvalue weighted by Gasteiger charge is 2.21. The van der Waals surface area contributed by atoms with E-state index in [1.165, 1.54) is 11.6 Å². The van der Waals surface area contributed by atoms with Gasteiger partial charge in [0.05, 0.1) is 5.69 Å². The molecular weight excluding hydrogens is 400 g/mol. The van der Waals surface area contributed by atoms with Crippen LogP contribution in [0.25, 0.3) is 16.7 Å². The molecule has 2 aromatic carbocycles. The number of ether oxygens (including phenoxy) is 1. The quantitative estimate of drug-likeness (QED) is 0.521. The van der Waals surface area contributed by atoms with Crippen molar-refractivity contribution in [2.24, 2.45) is 0 Å². The first-order valence-corrected chi connectivity index (χ1v) is 9.85. The van der Waals surface area contributed by atoms with E-state index in [-0.39, 0.29) is 18.0 Å². The van der Waals surface area contributed by atoms with Crippen molar-refractivity contribution in [1.29, 1.82) is 0 Å². The highest BCUT2D eigenvalue weighted by molar-refractivity contribution is 5.85. The molecule has 1 N–H and O–H groups in total. The summed E-state index contributed by atoms with van der Waals surface area (Å²) in [5.74, 6) is 1.60. The number of halogens is 1. The number of nitrogens with zero attached hydrogens (tertiary/aromatic N) is 1. The van der Waals surface area contributed by atoms with E-state index in [9.17, 15) is 4.79 Å². The summed E-state index contributed by atoms with van der Waals surface area (Å²) in [6.45, 7) is 3.40. The molecule has 0 radical (unpaired) electrons. The van der Waals surface area contributed by atoms with E-state index in [4.69, 9.17) is 9.15 Å². The molecule has 1 unspecified atom stereocenters. The van der Waals surface area contributed by atoms with Gasteiger partial charge < -0.3 is 14.5 Å². The second-order valence-electron chi connectivity index (χ2n) is 7.52. The summed E-state index contributed by atoms with van der Waals surface area (Å²) in [6.07, 6.45) is 2.63. The SMILES string of the molecule is CC1Cc2oc3cc(-n4ccc(OCc5ccccc5)cc4=O)ccc3c2CN1.Cl. The molecule has 5 rings (SSSR count). The van der Waals surface area contributed by atoms with Gasteiger partial charge in [-0.1, -0.05) is 30.3 Å². The van der Waals surface area contributed by atoms with E-state index in [0.29, 0.717) is 18.4 Å². The van der Waals surface area contributed by atoms with Crippen molar-refractivity contribution in [3.63, 3.8) is 0 Å². The number of benzene rings is 2. The van der Waals surface area contributed by atoms with Crippen LogP contribution in [0, 0.1) is 0 Å². The Bertz CT molecular complexity index is 1230. The summed E-state index contributed by atoms with van der Waals surface area (Å²) in [5.41, 5.74) is 3.75. The van der Waals surface area contributed by atoms with Crippen LogP contribution in [0.15, 0.2) is 76.1 Å². The number of fused-ring (bicyclic) bond motifs is 3. The van der Waals surface area contributed by atoms with Gasteiger partial charge in [0, 0.05) is 48.3 Å². The van der Waals surface area contributed by atoms with Gasteiger partial charge in [-0.15, -0.1) is 12.4 Å². The number of hydrogen-bond acceptors (Lipinski definition) is 4. The Morgan fingerprint density at radius 1 is 1.13 bits per heavy atom. The fourth-order valence-corrected chi connectivity index (χ4v) is 3.83. The van der Waals surface area contributed by atoms with Crippen LogP contribution in [0.2, 0.25) is 0 Å². The monoisotopic (exact) mass is 422 g/mol. The smallest absolute Gasteiger partial charge is 0.258 e. The average Bonchev–Trinajstić information content (AvgIpc) is 3.09. The summed E-state index contributed by atoms with van der Waals surface area (Å²) in [7, 11) is 0. The number of aromatic nitrogens is 1. The van der Waals surface area contributed by atoms with E-state index in [1.807, 2.05) is 54.6 Å². The zero-order valence-corrected chi connectivity index (χ0v) is 17.4. The molecule has 6 heteroatoms. The second kappa shape index (κ2) is 8.38. The standard InChI is InChI=1S/C24H22N2O3.ClH/c1-16-11-22-21(14-25-16)20-8-7-18(12-23(20)29-22)26-10-9-19(13-24(26)27)28-15-17-5-3-2-4-6-17;/h2-10,12-13,16,25H,11,14-15H2,1H3;1H. The molecule has 2 aromatic heterocycles. The molecule has 0 fully saturated rings. The third-order valence-corrected chi connectivity index (χ3v) is 5.40. The zero-order chi connectivity index (χ0) is 19.8. The number of rotatable bonds is 4. The zero-order valence-electron chi connectivity index (χ0n) is 16.6. The molecule has 1 aliphatic rings. The summed E-state index contributed by atoms with van der Waals surface area (Å²) >= 11 is 0. The Labute approximate surface area is 180 Å². The molecule has 30 heavy (non-hydrogen) atoms. The Kier molecular flexibility index (Phi) is 5.66. The Hall–Kier alpha value is -3.02. The molecule has 1 aliphatic heterocycles. The molecule has 0 aliphatic carbocycles. The first-order chi connectivity index (χ1) is 14.2. The summed E-state index contributed by atoms with van der Waals surface area (Å²) in [4.78, 5) is 12.7. The van der Waals surface area contributed by atoms with E-state index in [0.717, 1.165) is 40.9 Å². The third-order valence-electron chi connectivity index (χ3n) is 5.40. The van der Waals surface area contributed by atoms with Gasteiger partial charge in [0.1, 0.15) is 23.7 Å². The maximum atomic E-state index is 12.7. The molecule has 3 heterocycles. The van der Waals surface area contributed by atoms with Crippen molar-refractivity contribution in [2.75, 3.05) is 0 Å². The van der Waals surface area contributed by atoms with Crippen LogP contribution in [0.3, 0.4) is 0 Å². The molecule has 4 aromatic rings. The molecule has 0 saturated heterocycles. The third kappa shape index (κ3) is 3.86. The maximum Gasteiger partial charge on any atom is 0.258 e. The van der Waals surface area contributed by atoms with Crippen LogP contribution < -0.4 is 15.6 Å². The van der Waals surface area contributed by atoms with Gasteiger partial charge in [0.15, 0.2) is 0 Å². The van der Waals surface area contributed by atoms with Gasteiger partial charge in [-0.05, 0) is 30.7 Å². The van der Waals surface area contributed by atoms with Crippen molar-refractivity contribution >= 4 is 23.4 Å². The highest BCUT2D eigenvalue weighted by atomic mass is 35.5. The number of nitrogens with one attached hydrogen (secondary N) is 1. The minimum absolute atomic E-state index is 0. The van der Waals surface area contributed by atoms with Crippen LogP contribution >= 0.6 is 12.4 Å². The topological polar surface area (TPSA) is 56.4 Å². The van der Waals surface area contributed by atoms with E-state index < -0.39 is 0 Å². The predicted molar refractivity (Wildman–Crippen MR) is 120 cm³/mol. The predicted octanol–water partition coefficient (Wildman–Crippen LogP) is 4.62. The normalized spacial score (nSPS) is 15.4. The van der Waals surface area contributed by atoms with Crippen LogP contribution in [-0.2, 0) is 19.6 Å². The first kappa shape index (κ1) is 20.3. The fourth-order valence-electron chi connectivity index (χ4n) is 3.83. The molecule has 154 valence electrons. The summed E-state index contributed by atoms with van der Waals surface area (Å²) in [6, 6.07) is 19.6. The number of pyridine rings is 1. The molecule has 0 bridgehead atoms. The number of furan rings is 1. The minimum Gasteiger partial charge on any atom is -0.489 e. The molecule has 0 saturated carbocycles. The van der Waals surface area contributed by atoms with Gasteiger partial charge in [0.25, 0.3) is 5.56 Å². The van der Waals surface area contributed by atoms with Crippen molar-refractivity contribution in [3.05, 3.63) is 94.1 Å². The van der Waals surface area contributed by atoms with Gasteiger partial charge in [0.2, 0.25) is 0 Å². The van der Waals surface area contributed by atoms with E-state index in [1.54, 1.807) is 10.8 Å². The Morgan fingerprint density at radius 3 is 2.77 bits per heavy atom. The lowest BCUT2D eigenvalue weighted by Gasteiger charge is -2.18. The van der Waals surface area contributed by atoms with Gasteiger partial charge in [-0.25, -0.2) is 0 Å². The lowest BCUT2D eigenvalue weighted by molar-refractivity contribution is 0.305. The van der Waals surface area contributed by atoms with Gasteiger partial charge >= 0.3 is 0 Å². The molecule has 0 spiro atoms. The van der Waals surface area contributed by atoms with Crippen molar-refractivity contribution in [2.45, 2.75) is 32.5 Å². The lowest BCUT2D eigenvalue weighted by atomic mass is 10.0. The van der Waals surface area contributed by atoms with Gasteiger partial charge in [-0.2, -0.15) is 0 Å². The average molecular weight is 423 g/mol. The maximum absolute atomic E-state index is 12.7. The van der Waals surface area contributed by atoms with Crippen LogP contribution in [-0.4, -0.2) is 10.6 Å². The van der Waals surface area contributed by atoms with Crippen molar-refractivity contribution < 1.29 is 9.15 Å². The van der Waals surface area contributed by atoms with Gasteiger partial charge in [-0.3, -0.25) is 9.36 Å². The van der Waals surface area contributed by atoms with Crippen LogP contribution in [0.5, 0.6) is 5.75 Å². The molecule has 0 amide bonds. The van der Waals surface area contributed by atoms with E-state index >= 15 is 0 Å². The lowest BCUT2D eigenvalue weighted by Crippen LogP contribution is -2.32. The first-order valence-electron chi connectivity index (χ1n) is 9.85.